The fourth-order valence-corrected chi connectivity index (χ4v) is 3.91. The highest BCUT2D eigenvalue weighted by atomic mass is 16.2. The Morgan fingerprint density at radius 2 is 1.00 bits per heavy atom. The first kappa shape index (κ1) is 16.1. The molecule has 4 rings (SSSR count). The van der Waals surface area contributed by atoms with Crippen molar-refractivity contribution in [3.05, 3.63) is 71.8 Å². The third kappa shape index (κ3) is 2.69. The number of fused-ring (bicyclic) bond motifs is 2. The van der Waals surface area contributed by atoms with Gasteiger partial charge in [0.15, 0.2) is 0 Å². The molecule has 2 aliphatic rings. The molecule has 2 saturated heterocycles. The van der Waals surface area contributed by atoms with E-state index < -0.39 is 0 Å². The minimum Gasteiger partial charge on any atom is -0.225 e. The van der Waals surface area contributed by atoms with E-state index in [9.17, 15) is 9.59 Å². The van der Waals surface area contributed by atoms with Gasteiger partial charge in [-0.15, -0.1) is 0 Å². The molecule has 6 heteroatoms. The van der Waals surface area contributed by atoms with Gasteiger partial charge in [0.2, 0.25) is 6.67 Å². The molecule has 2 amide bonds. The predicted octanol–water partition coefficient (Wildman–Crippen LogP) is 1.29. The van der Waals surface area contributed by atoms with Gasteiger partial charge in [-0.3, -0.25) is 0 Å². The summed E-state index contributed by atoms with van der Waals surface area (Å²) < 4.78 is 0.394. The Morgan fingerprint density at radius 3 is 1.36 bits per heavy atom. The van der Waals surface area contributed by atoms with Gasteiger partial charge in [-0.2, -0.15) is 8.97 Å². The Balaban J connectivity index is 1.68. The summed E-state index contributed by atoms with van der Waals surface area (Å²) in [6, 6.07) is 18.7. The zero-order chi connectivity index (χ0) is 17.3. The summed E-state index contributed by atoms with van der Waals surface area (Å²) in [5.41, 5.74) is 1.36. The normalized spacial score (nSPS) is 28.3. The Morgan fingerprint density at radius 1 is 0.640 bits per heavy atom. The summed E-state index contributed by atoms with van der Waals surface area (Å²) in [6.45, 7) is 2.60. The molecule has 0 atom stereocenters. The number of hydrogen-bond acceptors (Lipinski definition) is 4. The first-order chi connectivity index (χ1) is 12.2. The van der Waals surface area contributed by atoms with Gasteiger partial charge >= 0.3 is 11.8 Å². The van der Waals surface area contributed by atoms with Gasteiger partial charge in [0.05, 0.1) is 11.1 Å². The number of benzene rings is 2. The van der Waals surface area contributed by atoms with Crippen LogP contribution in [0.2, 0.25) is 0 Å². The maximum absolute atomic E-state index is 13.2. The number of nitrogens with zero attached hydrogens (tertiary/aromatic N) is 2. The topological polar surface area (TPSA) is 58.2 Å². The van der Waals surface area contributed by atoms with Crippen molar-refractivity contribution in [1.29, 1.82) is 0 Å². The lowest BCUT2D eigenvalue weighted by atomic mass is 10.1. The number of hydrogen-bond donors (Lipinski definition) is 2. The molecule has 2 aliphatic heterocycles. The molecule has 2 heterocycles. The molecular weight excluding hydrogens is 316 g/mol. The van der Waals surface area contributed by atoms with Crippen LogP contribution in [0, 0.1) is 0 Å². The van der Waals surface area contributed by atoms with E-state index >= 15 is 0 Å². The summed E-state index contributed by atoms with van der Waals surface area (Å²) in [5, 5.41) is 6.67. The average molecular weight is 338 g/mol. The Labute approximate surface area is 146 Å². The van der Waals surface area contributed by atoms with Crippen LogP contribution in [0.4, 0.5) is 0 Å². The minimum absolute atomic E-state index is 0.0448. The van der Waals surface area contributed by atoms with E-state index in [1.54, 1.807) is 0 Å². The second-order valence-electron chi connectivity index (χ2n) is 6.91. The second kappa shape index (κ2) is 6.16. The van der Waals surface area contributed by atoms with Crippen LogP contribution in [-0.4, -0.2) is 54.1 Å². The van der Waals surface area contributed by atoms with Gasteiger partial charge in [0, 0.05) is 0 Å². The van der Waals surface area contributed by atoms with Crippen LogP contribution in [0.25, 0.3) is 0 Å². The van der Waals surface area contributed by atoms with Crippen molar-refractivity contribution in [2.75, 3.05) is 33.3 Å². The molecule has 2 bridgehead atoms. The Hall–Kier alpha value is -2.38. The molecule has 2 fully saturated rings. The zero-order valence-corrected chi connectivity index (χ0v) is 14.0. The summed E-state index contributed by atoms with van der Waals surface area (Å²) in [6.07, 6.45) is 0. The van der Waals surface area contributed by atoms with Crippen molar-refractivity contribution in [2.45, 2.75) is 0 Å². The number of nitrogens with one attached hydrogen (secondary N) is 2. The van der Waals surface area contributed by atoms with Crippen LogP contribution >= 0.6 is 0 Å². The van der Waals surface area contributed by atoms with E-state index in [1.165, 1.54) is 0 Å². The first-order valence-corrected chi connectivity index (χ1v) is 8.49. The molecular formula is C19H22N4O2+2. The summed E-state index contributed by atoms with van der Waals surface area (Å²) in [5.74, 6) is 0.0896. The van der Waals surface area contributed by atoms with E-state index in [2.05, 4.69) is 10.6 Å². The lowest BCUT2D eigenvalue weighted by molar-refractivity contribution is -1.07. The average Bonchev–Trinajstić information content (AvgIpc) is 2.68. The quantitative estimate of drug-likeness (QED) is 0.811. The molecule has 2 N–H and O–H groups in total. The number of carbonyl (C=O) groups excluding carboxylic acids is 2. The van der Waals surface area contributed by atoms with Crippen LogP contribution in [0.5, 0.6) is 0 Å². The molecule has 0 aliphatic carbocycles. The van der Waals surface area contributed by atoms with Crippen LogP contribution in [0.15, 0.2) is 60.7 Å². The van der Waals surface area contributed by atoms with Crippen molar-refractivity contribution in [2.24, 2.45) is 0 Å². The number of amides is 2. The largest absolute Gasteiger partial charge is 0.352 e. The highest BCUT2D eigenvalue weighted by Crippen LogP contribution is 2.27. The second-order valence-corrected chi connectivity index (χ2v) is 6.91. The first-order valence-electron chi connectivity index (χ1n) is 8.49. The fraction of sp³-hybridized carbons (Fsp3) is 0.263. The van der Waals surface area contributed by atoms with E-state index in [0.717, 1.165) is 0 Å². The monoisotopic (exact) mass is 338 g/mol. The van der Waals surface area contributed by atoms with Gasteiger partial charge < -0.3 is 0 Å². The number of carbonyl (C=O) groups is 2. The van der Waals surface area contributed by atoms with Gasteiger partial charge in [-0.1, -0.05) is 36.4 Å². The molecule has 0 spiro atoms. The smallest absolute Gasteiger partial charge is 0.225 e. The van der Waals surface area contributed by atoms with Gasteiger partial charge in [-0.25, -0.2) is 20.2 Å². The minimum atomic E-state index is 0.0448. The van der Waals surface area contributed by atoms with Gasteiger partial charge in [0.1, 0.15) is 26.7 Å². The van der Waals surface area contributed by atoms with Crippen molar-refractivity contribution >= 4 is 11.8 Å². The van der Waals surface area contributed by atoms with Crippen LogP contribution in [-0.2, 0) is 0 Å². The van der Waals surface area contributed by atoms with Crippen LogP contribution in [0.1, 0.15) is 20.7 Å². The molecule has 0 aromatic heterocycles. The Bertz CT molecular complexity index is 716. The molecule has 2 aromatic rings. The van der Waals surface area contributed by atoms with E-state index in [0.29, 0.717) is 44.5 Å². The predicted molar refractivity (Wildman–Crippen MR) is 92.7 cm³/mol. The molecule has 0 radical (unpaired) electrons. The summed E-state index contributed by atoms with van der Waals surface area (Å²) in [7, 11) is 0. The number of quaternary nitrogens is 2. The Kier molecular flexibility index (Phi) is 3.97. The van der Waals surface area contributed by atoms with Crippen molar-refractivity contribution in [1.82, 2.24) is 10.6 Å². The van der Waals surface area contributed by atoms with Crippen molar-refractivity contribution < 1.29 is 18.6 Å². The maximum atomic E-state index is 13.2. The lowest BCUT2D eigenvalue weighted by Crippen LogP contribution is -2.82. The molecule has 0 unspecified atom stereocenters. The van der Waals surface area contributed by atoms with Gasteiger partial charge in [-0.05, 0) is 24.3 Å². The highest BCUT2D eigenvalue weighted by molar-refractivity contribution is 5.90. The van der Waals surface area contributed by atoms with Crippen molar-refractivity contribution in [3.8, 4) is 0 Å². The SMILES string of the molecule is O=C(c1ccccc1)[N+]12CNC[N+](C(=O)c3ccccc3)(CNC1)C2. The standard InChI is InChI=1S/C19H22N4O2/c24-18(16-7-3-1-4-8-16)22-11-20-13-23(15-22,14-21-12-22)19(25)17-9-5-2-6-10-17/h1-10,20-21H,11-15H2/q+2. The molecule has 25 heavy (non-hydrogen) atoms. The molecule has 2 aromatic carbocycles. The molecule has 6 nitrogen and oxygen atoms in total. The van der Waals surface area contributed by atoms with E-state index in [-0.39, 0.29) is 20.8 Å². The highest BCUT2D eigenvalue weighted by Gasteiger charge is 2.56. The zero-order valence-electron chi connectivity index (χ0n) is 14.0. The fourth-order valence-electron chi connectivity index (χ4n) is 3.91. The molecule has 0 saturated carbocycles. The van der Waals surface area contributed by atoms with Crippen molar-refractivity contribution in [3.63, 3.8) is 0 Å². The lowest BCUT2D eigenvalue weighted by Gasteiger charge is -2.51. The third-order valence-electron chi connectivity index (χ3n) is 5.10. The van der Waals surface area contributed by atoms with Gasteiger partial charge in [0.25, 0.3) is 0 Å². The summed E-state index contributed by atoms with van der Waals surface area (Å²) >= 11 is 0. The maximum Gasteiger partial charge on any atom is 0.352 e. The summed E-state index contributed by atoms with van der Waals surface area (Å²) in [4.78, 5) is 26.4. The van der Waals surface area contributed by atoms with Crippen LogP contribution < -0.4 is 10.6 Å². The van der Waals surface area contributed by atoms with E-state index in [1.807, 2.05) is 60.7 Å². The molecule has 128 valence electrons. The number of rotatable bonds is 2. The van der Waals surface area contributed by atoms with E-state index in [4.69, 9.17) is 0 Å². The third-order valence-corrected chi connectivity index (χ3v) is 5.10. The van der Waals surface area contributed by atoms with Crippen LogP contribution in [0.3, 0.4) is 0 Å².